The Kier molecular flexibility index (Phi) is 2.32. The number of rotatable bonds is 1. The molecule has 0 saturated heterocycles. The van der Waals surface area contributed by atoms with Gasteiger partial charge >= 0.3 is 0 Å². The molecule has 0 unspecified atom stereocenters. The maximum absolute atomic E-state index is 8.53. The third-order valence-corrected chi connectivity index (χ3v) is 1.68. The number of hydrogen-bond donors (Lipinski definition) is 1. The van der Waals surface area contributed by atoms with Gasteiger partial charge in [0.05, 0.1) is 6.26 Å². The van der Waals surface area contributed by atoms with Gasteiger partial charge in [0.2, 0.25) is 0 Å². The molecule has 1 aromatic carbocycles. The first kappa shape index (κ1) is 7.86. The Morgan fingerprint density at radius 1 is 1.27 bits per heavy atom. The molecule has 0 fully saturated rings. The van der Waals surface area contributed by atoms with Crippen LogP contribution in [0.15, 0.2) is 24.5 Å². The highest BCUT2D eigenvalue weighted by molar-refractivity contribution is 5.53. The Bertz CT molecular complexity index is 274. The summed E-state index contributed by atoms with van der Waals surface area (Å²) >= 11 is 0. The molecule has 1 rings (SSSR count). The van der Waals surface area contributed by atoms with E-state index < -0.39 is 0 Å². The molecule has 11 heavy (non-hydrogen) atoms. The Hall–Kier alpha value is -1.24. The molecule has 0 atom stereocenters. The van der Waals surface area contributed by atoms with Gasteiger partial charge in [-0.3, -0.25) is 0 Å². The third-order valence-electron chi connectivity index (χ3n) is 1.68. The van der Waals surface area contributed by atoms with Crippen LogP contribution in [0.2, 0.25) is 0 Å². The molecule has 1 N–H and O–H groups in total. The minimum Gasteiger partial charge on any atom is -0.516 e. The highest BCUT2D eigenvalue weighted by Gasteiger charge is 1.92. The van der Waals surface area contributed by atoms with Crippen molar-refractivity contribution in [2.45, 2.75) is 13.8 Å². The second-order valence-electron chi connectivity index (χ2n) is 2.68. The van der Waals surface area contributed by atoms with Crippen LogP contribution in [0.4, 0.5) is 0 Å². The fourth-order valence-corrected chi connectivity index (χ4v) is 1.09. The van der Waals surface area contributed by atoms with Crippen molar-refractivity contribution in [3.63, 3.8) is 0 Å². The molecule has 1 heteroatoms. The Morgan fingerprint density at radius 2 is 2.00 bits per heavy atom. The zero-order valence-corrected chi connectivity index (χ0v) is 6.83. The fourth-order valence-electron chi connectivity index (χ4n) is 1.09. The molecule has 0 aliphatic carbocycles. The van der Waals surface area contributed by atoms with Crippen molar-refractivity contribution in [2.24, 2.45) is 0 Å². The molecule has 0 aliphatic heterocycles. The molecule has 1 aromatic rings. The van der Waals surface area contributed by atoms with Crippen LogP contribution in [-0.4, -0.2) is 5.11 Å². The normalized spacial score (nSPS) is 10.7. The zero-order chi connectivity index (χ0) is 8.27. The van der Waals surface area contributed by atoms with Gasteiger partial charge in [-0.2, -0.15) is 0 Å². The van der Waals surface area contributed by atoms with E-state index in [2.05, 4.69) is 13.0 Å². The molecule has 0 amide bonds. The molecule has 1 nitrogen and oxygen atoms in total. The lowest BCUT2D eigenvalue weighted by molar-refractivity contribution is 0.478. The van der Waals surface area contributed by atoms with Gasteiger partial charge in [-0.05, 0) is 31.1 Å². The monoisotopic (exact) mass is 148 g/mol. The number of hydrogen-bond acceptors (Lipinski definition) is 1. The van der Waals surface area contributed by atoms with Crippen LogP contribution in [0.5, 0.6) is 0 Å². The van der Waals surface area contributed by atoms with Crippen molar-refractivity contribution in [3.05, 3.63) is 41.2 Å². The number of aliphatic hydroxyl groups excluding tert-OH is 1. The van der Waals surface area contributed by atoms with Crippen molar-refractivity contribution in [2.75, 3.05) is 0 Å². The van der Waals surface area contributed by atoms with Gasteiger partial charge in [0, 0.05) is 0 Å². The summed E-state index contributed by atoms with van der Waals surface area (Å²) in [4.78, 5) is 0. The lowest BCUT2D eigenvalue weighted by atomic mass is 10.1. The van der Waals surface area contributed by atoms with Gasteiger partial charge in [-0.15, -0.1) is 0 Å². The minimum atomic E-state index is 1.07. The first-order valence-electron chi connectivity index (χ1n) is 3.62. The van der Waals surface area contributed by atoms with Gasteiger partial charge in [0.1, 0.15) is 0 Å². The van der Waals surface area contributed by atoms with E-state index in [-0.39, 0.29) is 0 Å². The molecule has 0 radical (unpaired) electrons. The summed E-state index contributed by atoms with van der Waals surface area (Å²) in [6.07, 6.45) is 2.76. The average molecular weight is 148 g/mol. The van der Waals surface area contributed by atoms with Crippen molar-refractivity contribution in [1.29, 1.82) is 0 Å². The zero-order valence-electron chi connectivity index (χ0n) is 6.83. The Morgan fingerprint density at radius 3 is 2.55 bits per heavy atom. The lowest BCUT2D eigenvalue weighted by Crippen LogP contribution is -1.81. The molecule has 0 aromatic heterocycles. The van der Waals surface area contributed by atoms with E-state index in [9.17, 15) is 0 Å². The van der Waals surface area contributed by atoms with Crippen LogP contribution in [-0.2, 0) is 0 Å². The minimum absolute atomic E-state index is 1.07. The van der Waals surface area contributed by atoms with Crippen molar-refractivity contribution < 1.29 is 5.11 Å². The van der Waals surface area contributed by atoms with E-state index in [4.69, 9.17) is 5.11 Å². The predicted octanol–water partition coefficient (Wildman–Crippen LogP) is 2.83. The van der Waals surface area contributed by atoms with E-state index >= 15 is 0 Å². The number of aryl methyl sites for hydroxylation is 2. The first-order valence-corrected chi connectivity index (χ1v) is 3.62. The van der Waals surface area contributed by atoms with Crippen LogP contribution in [0.1, 0.15) is 16.7 Å². The molecule has 0 spiro atoms. The molecule has 0 aliphatic rings. The smallest absolute Gasteiger partial charge is 0.0797 e. The molecular weight excluding hydrogens is 136 g/mol. The Balaban J connectivity index is 3.09. The maximum Gasteiger partial charge on any atom is 0.0797 e. The summed E-state index contributed by atoms with van der Waals surface area (Å²) in [5.41, 5.74) is 3.51. The molecule has 0 bridgehead atoms. The van der Waals surface area contributed by atoms with Crippen molar-refractivity contribution in [1.82, 2.24) is 0 Å². The SMILES string of the molecule is Cc1ccc(/C=C\O)c(C)c1. The highest BCUT2D eigenvalue weighted by Crippen LogP contribution is 2.11. The second-order valence-corrected chi connectivity index (χ2v) is 2.68. The van der Waals surface area contributed by atoms with Crippen molar-refractivity contribution >= 4 is 6.08 Å². The average Bonchev–Trinajstić information content (AvgIpc) is 1.95. The van der Waals surface area contributed by atoms with Gasteiger partial charge in [0.25, 0.3) is 0 Å². The van der Waals surface area contributed by atoms with E-state index in [1.54, 1.807) is 6.08 Å². The van der Waals surface area contributed by atoms with Gasteiger partial charge in [-0.1, -0.05) is 23.8 Å². The Labute approximate surface area is 67.0 Å². The maximum atomic E-state index is 8.53. The largest absolute Gasteiger partial charge is 0.516 e. The predicted molar refractivity (Wildman–Crippen MR) is 47.6 cm³/mol. The molecular formula is C10H12O. The summed E-state index contributed by atoms with van der Waals surface area (Å²) in [5.74, 6) is 0. The molecule has 58 valence electrons. The van der Waals surface area contributed by atoms with Crippen LogP contribution in [0.3, 0.4) is 0 Å². The topological polar surface area (TPSA) is 20.2 Å². The lowest BCUT2D eigenvalue weighted by Gasteiger charge is -1.99. The highest BCUT2D eigenvalue weighted by atomic mass is 16.2. The van der Waals surface area contributed by atoms with E-state index in [1.165, 1.54) is 11.1 Å². The summed E-state index contributed by atoms with van der Waals surface area (Å²) in [5, 5.41) is 8.53. The molecule has 0 saturated carbocycles. The van der Waals surface area contributed by atoms with Gasteiger partial charge in [-0.25, -0.2) is 0 Å². The van der Waals surface area contributed by atoms with Gasteiger partial charge in [0.15, 0.2) is 0 Å². The quantitative estimate of drug-likeness (QED) is 0.607. The summed E-state index contributed by atoms with van der Waals surface area (Å²) < 4.78 is 0. The summed E-state index contributed by atoms with van der Waals surface area (Å²) in [6, 6.07) is 6.12. The van der Waals surface area contributed by atoms with Crippen LogP contribution < -0.4 is 0 Å². The number of aliphatic hydroxyl groups is 1. The van der Waals surface area contributed by atoms with Crippen LogP contribution in [0.25, 0.3) is 6.08 Å². The molecule has 0 heterocycles. The van der Waals surface area contributed by atoms with E-state index in [0.29, 0.717) is 0 Å². The first-order chi connectivity index (χ1) is 5.24. The van der Waals surface area contributed by atoms with E-state index in [1.807, 2.05) is 19.1 Å². The summed E-state index contributed by atoms with van der Waals surface area (Å²) in [6.45, 7) is 4.09. The summed E-state index contributed by atoms with van der Waals surface area (Å²) in [7, 11) is 0. The van der Waals surface area contributed by atoms with Crippen LogP contribution in [0, 0.1) is 13.8 Å². The van der Waals surface area contributed by atoms with Crippen LogP contribution >= 0.6 is 0 Å². The second kappa shape index (κ2) is 3.24. The van der Waals surface area contributed by atoms with E-state index in [0.717, 1.165) is 11.8 Å². The van der Waals surface area contributed by atoms with Crippen molar-refractivity contribution in [3.8, 4) is 0 Å². The number of benzene rings is 1. The standard InChI is InChI=1S/C10H12O/c1-8-3-4-10(5-6-11)9(2)7-8/h3-7,11H,1-2H3/b6-5-. The fraction of sp³-hybridized carbons (Fsp3) is 0.200. The third kappa shape index (κ3) is 1.84. The van der Waals surface area contributed by atoms with Gasteiger partial charge < -0.3 is 5.11 Å².